The van der Waals surface area contributed by atoms with E-state index in [2.05, 4.69) is 5.43 Å². The normalized spacial score (nSPS) is 12.4. The average molecular weight is 384 g/mol. The van der Waals surface area contributed by atoms with E-state index in [1.54, 1.807) is 49.4 Å². The first-order valence-electron chi connectivity index (χ1n) is 9.18. The number of carbonyl (C=O) groups is 2. The molecule has 0 heterocycles. The Bertz CT molecular complexity index is 852. The van der Waals surface area contributed by atoms with Gasteiger partial charge in [0.1, 0.15) is 0 Å². The molecule has 0 bridgehead atoms. The highest BCUT2D eigenvalue weighted by Gasteiger charge is 2.30. The Hall–Kier alpha value is -2.70. The molecule has 0 saturated carbocycles. The van der Waals surface area contributed by atoms with Crippen LogP contribution in [-0.4, -0.2) is 32.6 Å². The molecule has 0 radical (unpaired) electrons. The van der Waals surface area contributed by atoms with Crippen LogP contribution in [0.2, 0.25) is 0 Å². The van der Waals surface area contributed by atoms with Gasteiger partial charge >= 0.3 is 0 Å². The van der Waals surface area contributed by atoms with Crippen LogP contribution in [-0.2, 0) is 6.61 Å². The lowest BCUT2D eigenvalue weighted by molar-refractivity contribution is 0.0358. The number of aliphatic hydroxyl groups is 2. The molecule has 2 amide bonds. The highest BCUT2D eigenvalue weighted by atomic mass is 16.3. The Morgan fingerprint density at radius 3 is 2.18 bits per heavy atom. The fraction of sp³-hybridized carbons (Fsp3) is 0.364. The highest BCUT2D eigenvalue weighted by Crippen LogP contribution is 2.19. The molecule has 150 valence electrons. The van der Waals surface area contributed by atoms with Crippen LogP contribution in [0.15, 0.2) is 42.5 Å². The van der Waals surface area contributed by atoms with Gasteiger partial charge in [0.05, 0.1) is 18.2 Å². The Kier molecular flexibility index (Phi) is 6.59. The van der Waals surface area contributed by atoms with Crippen LogP contribution in [0.5, 0.6) is 0 Å². The molecule has 0 aromatic heterocycles. The molecule has 0 aliphatic carbocycles. The molecular formula is C22H28N2O4. The molecule has 0 saturated heterocycles. The molecular weight excluding hydrogens is 356 g/mol. The Labute approximate surface area is 165 Å². The highest BCUT2D eigenvalue weighted by molar-refractivity contribution is 5.99. The van der Waals surface area contributed by atoms with Crippen molar-refractivity contribution in [2.24, 2.45) is 0 Å². The summed E-state index contributed by atoms with van der Waals surface area (Å²) in [6.45, 7) is 8.80. The van der Waals surface area contributed by atoms with Gasteiger partial charge < -0.3 is 10.2 Å². The number of aryl methyl sites for hydroxylation is 1. The van der Waals surface area contributed by atoms with Crippen molar-refractivity contribution in [3.05, 3.63) is 70.3 Å². The first kappa shape index (κ1) is 21.6. The van der Waals surface area contributed by atoms with Gasteiger partial charge in [-0.25, -0.2) is 5.01 Å². The van der Waals surface area contributed by atoms with Crippen LogP contribution in [0, 0.1) is 6.92 Å². The van der Waals surface area contributed by atoms with Crippen molar-refractivity contribution in [3.8, 4) is 0 Å². The number of amides is 2. The van der Waals surface area contributed by atoms with Gasteiger partial charge in [-0.1, -0.05) is 18.2 Å². The predicted octanol–water partition coefficient (Wildman–Crippen LogP) is 3.13. The molecule has 6 nitrogen and oxygen atoms in total. The van der Waals surface area contributed by atoms with Crippen molar-refractivity contribution in [1.29, 1.82) is 0 Å². The summed E-state index contributed by atoms with van der Waals surface area (Å²) in [7, 11) is 0. The number of hydrogen-bond donors (Lipinski definition) is 3. The third-order valence-electron chi connectivity index (χ3n) is 4.31. The van der Waals surface area contributed by atoms with Crippen LogP contribution >= 0.6 is 0 Å². The summed E-state index contributed by atoms with van der Waals surface area (Å²) in [6, 6.07) is 11.7. The number of hydrazine groups is 1. The molecule has 6 heteroatoms. The molecule has 3 N–H and O–H groups in total. The van der Waals surface area contributed by atoms with Gasteiger partial charge in [0.15, 0.2) is 0 Å². The zero-order valence-electron chi connectivity index (χ0n) is 17.0. The fourth-order valence-corrected chi connectivity index (χ4v) is 2.81. The second-order valence-electron chi connectivity index (χ2n) is 7.92. The summed E-state index contributed by atoms with van der Waals surface area (Å²) in [5.41, 5.74) is 4.99. The maximum atomic E-state index is 13.1. The van der Waals surface area contributed by atoms with E-state index >= 15 is 0 Å². The second kappa shape index (κ2) is 8.54. The van der Waals surface area contributed by atoms with Gasteiger partial charge in [-0.3, -0.25) is 15.0 Å². The minimum Gasteiger partial charge on any atom is -0.392 e. The number of nitrogens with one attached hydrogen (secondary N) is 1. The van der Waals surface area contributed by atoms with Crippen LogP contribution in [0.1, 0.15) is 71.2 Å². The van der Waals surface area contributed by atoms with Crippen molar-refractivity contribution in [2.75, 3.05) is 0 Å². The SMILES string of the molecule is Cc1cc(CO)cc(C(=O)N(NC(=O)c2ccc(C(C)O)cc2)C(C)(C)C)c1. The number of aliphatic hydroxyl groups excluding tert-OH is 2. The summed E-state index contributed by atoms with van der Waals surface area (Å²) in [6.07, 6.45) is -0.619. The lowest BCUT2D eigenvalue weighted by atomic mass is 10.0. The molecule has 2 rings (SSSR count). The van der Waals surface area contributed by atoms with Gasteiger partial charge in [-0.05, 0) is 75.6 Å². The van der Waals surface area contributed by atoms with Gasteiger partial charge in [0.25, 0.3) is 11.8 Å². The van der Waals surface area contributed by atoms with Crippen molar-refractivity contribution in [3.63, 3.8) is 0 Å². The molecule has 1 atom stereocenters. The van der Waals surface area contributed by atoms with Gasteiger partial charge in [-0.2, -0.15) is 0 Å². The van der Waals surface area contributed by atoms with Crippen LogP contribution in [0.3, 0.4) is 0 Å². The largest absolute Gasteiger partial charge is 0.392 e. The molecule has 1 unspecified atom stereocenters. The number of nitrogens with zero attached hydrogens (tertiary/aromatic N) is 1. The summed E-state index contributed by atoms with van der Waals surface area (Å²) in [5.74, 6) is -0.782. The van der Waals surface area contributed by atoms with Crippen molar-refractivity contribution in [2.45, 2.75) is 52.9 Å². The summed E-state index contributed by atoms with van der Waals surface area (Å²) in [5, 5.41) is 20.3. The van der Waals surface area contributed by atoms with Crippen molar-refractivity contribution < 1.29 is 19.8 Å². The average Bonchev–Trinajstić information content (AvgIpc) is 2.63. The molecule has 0 aliphatic heterocycles. The van der Waals surface area contributed by atoms with E-state index in [1.165, 1.54) is 5.01 Å². The van der Waals surface area contributed by atoms with Crippen LogP contribution < -0.4 is 5.43 Å². The third-order valence-corrected chi connectivity index (χ3v) is 4.31. The quantitative estimate of drug-likeness (QED) is 0.707. The minimum atomic E-state index is -0.671. The molecule has 0 aliphatic rings. The summed E-state index contributed by atoms with van der Waals surface area (Å²) in [4.78, 5) is 25.8. The van der Waals surface area contributed by atoms with Gasteiger partial charge in [-0.15, -0.1) is 0 Å². The minimum absolute atomic E-state index is 0.167. The fourth-order valence-electron chi connectivity index (χ4n) is 2.81. The maximum absolute atomic E-state index is 13.1. The van der Waals surface area contributed by atoms with E-state index in [1.807, 2.05) is 27.7 Å². The van der Waals surface area contributed by atoms with Gasteiger partial charge in [0.2, 0.25) is 0 Å². The Morgan fingerprint density at radius 1 is 1.07 bits per heavy atom. The summed E-state index contributed by atoms with van der Waals surface area (Å²) < 4.78 is 0. The van der Waals surface area contributed by atoms with Crippen LogP contribution in [0.4, 0.5) is 0 Å². The molecule has 28 heavy (non-hydrogen) atoms. The molecule has 0 fully saturated rings. The molecule has 2 aromatic rings. The summed E-state index contributed by atoms with van der Waals surface area (Å²) >= 11 is 0. The first-order chi connectivity index (χ1) is 13.0. The lowest BCUT2D eigenvalue weighted by Gasteiger charge is -2.35. The maximum Gasteiger partial charge on any atom is 0.272 e. The standard InChI is InChI=1S/C22H28N2O4/c1-14-10-16(13-25)12-19(11-14)21(28)24(22(3,4)5)23-20(27)18-8-6-17(7-9-18)15(2)26/h6-12,15,25-26H,13H2,1-5H3,(H,23,27). The van der Waals surface area contributed by atoms with Gasteiger partial charge in [0, 0.05) is 11.1 Å². The smallest absolute Gasteiger partial charge is 0.272 e. The third kappa shape index (κ3) is 5.18. The van der Waals surface area contributed by atoms with E-state index in [-0.39, 0.29) is 12.5 Å². The van der Waals surface area contributed by atoms with Crippen LogP contribution in [0.25, 0.3) is 0 Å². The molecule has 0 spiro atoms. The number of carbonyl (C=O) groups excluding carboxylic acids is 2. The first-order valence-corrected chi connectivity index (χ1v) is 9.18. The number of hydrogen-bond acceptors (Lipinski definition) is 4. The van der Waals surface area contributed by atoms with E-state index in [4.69, 9.17) is 0 Å². The zero-order valence-corrected chi connectivity index (χ0v) is 17.0. The topological polar surface area (TPSA) is 89.9 Å². The Morgan fingerprint density at radius 2 is 1.68 bits per heavy atom. The number of rotatable bonds is 4. The van der Waals surface area contributed by atoms with Crippen molar-refractivity contribution >= 4 is 11.8 Å². The molecule has 2 aromatic carbocycles. The van der Waals surface area contributed by atoms with E-state index in [9.17, 15) is 19.8 Å². The Balaban J connectivity index is 2.30. The predicted molar refractivity (Wildman–Crippen MR) is 108 cm³/mol. The lowest BCUT2D eigenvalue weighted by Crippen LogP contribution is -2.55. The van der Waals surface area contributed by atoms with E-state index < -0.39 is 17.6 Å². The zero-order chi connectivity index (χ0) is 21.1. The van der Waals surface area contributed by atoms with Crippen molar-refractivity contribution in [1.82, 2.24) is 10.4 Å². The van der Waals surface area contributed by atoms with E-state index in [0.29, 0.717) is 22.3 Å². The second-order valence-corrected chi connectivity index (χ2v) is 7.92. The monoisotopic (exact) mass is 384 g/mol. The number of benzene rings is 2. The van der Waals surface area contributed by atoms with E-state index in [0.717, 1.165) is 5.56 Å².